The van der Waals surface area contributed by atoms with Gasteiger partial charge in [-0.25, -0.2) is 0 Å². The van der Waals surface area contributed by atoms with Crippen molar-refractivity contribution in [2.24, 2.45) is 0 Å². The molecule has 15 heavy (non-hydrogen) atoms. The quantitative estimate of drug-likeness (QED) is 0.794. The van der Waals surface area contributed by atoms with Gasteiger partial charge in [-0.1, -0.05) is 13.0 Å². The second-order valence-electron chi connectivity index (χ2n) is 3.54. The molecule has 0 spiro atoms. The van der Waals surface area contributed by atoms with E-state index in [-0.39, 0.29) is 0 Å². The molecule has 4 heteroatoms. The lowest BCUT2D eigenvalue weighted by Crippen LogP contribution is -2.37. The average molecular weight is 208 g/mol. The normalized spacial score (nSPS) is 12.7. The highest BCUT2D eigenvalue weighted by Crippen LogP contribution is 2.07. The van der Waals surface area contributed by atoms with Crippen LogP contribution in [-0.4, -0.2) is 34.0 Å². The van der Waals surface area contributed by atoms with Crippen LogP contribution in [0.2, 0.25) is 0 Å². The predicted molar refractivity (Wildman–Crippen MR) is 57.4 cm³/mol. The van der Waals surface area contributed by atoms with E-state index in [2.05, 4.69) is 4.98 Å². The van der Waals surface area contributed by atoms with Crippen molar-refractivity contribution in [3.05, 3.63) is 30.1 Å². The maximum absolute atomic E-state index is 10.9. The van der Waals surface area contributed by atoms with E-state index in [0.29, 0.717) is 13.0 Å². The van der Waals surface area contributed by atoms with Crippen molar-refractivity contribution in [1.29, 1.82) is 0 Å². The van der Waals surface area contributed by atoms with Crippen LogP contribution in [0.15, 0.2) is 24.5 Å². The first-order valence-electron chi connectivity index (χ1n) is 4.97. The summed E-state index contributed by atoms with van der Waals surface area (Å²) in [7, 11) is 1.81. The zero-order chi connectivity index (χ0) is 11.3. The number of aliphatic carboxylic acids is 1. The Morgan fingerprint density at radius 1 is 1.67 bits per heavy atom. The summed E-state index contributed by atoms with van der Waals surface area (Å²) < 4.78 is 0. The Bertz CT molecular complexity index is 314. The van der Waals surface area contributed by atoms with Gasteiger partial charge in [-0.05, 0) is 25.1 Å². The van der Waals surface area contributed by atoms with E-state index < -0.39 is 12.0 Å². The van der Waals surface area contributed by atoms with E-state index in [1.165, 1.54) is 0 Å². The van der Waals surface area contributed by atoms with Gasteiger partial charge in [0.2, 0.25) is 0 Å². The number of carboxylic acids is 1. The number of carboxylic acid groups (broad SMARTS) is 1. The molecule has 0 aliphatic heterocycles. The van der Waals surface area contributed by atoms with Gasteiger partial charge in [0.25, 0.3) is 0 Å². The third-order valence-corrected chi connectivity index (χ3v) is 2.36. The fraction of sp³-hybridized carbons (Fsp3) is 0.455. The first kappa shape index (κ1) is 11.7. The molecule has 0 saturated heterocycles. The van der Waals surface area contributed by atoms with Crippen molar-refractivity contribution >= 4 is 5.97 Å². The van der Waals surface area contributed by atoms with Crippen LogP contribution < -0.4 is 0 Å². The Morgan fingerprint density at radius 3 is 2.87 bits per heavy atom. The molecule has 0 aliphatic rings. The van der Waals surface area contributed by atoms with Gasteiger partial charge in [-0.2, -0.15) is 0 Å². The van der Waals surface area contributed by atoms with Crippen LogP contribution in [-0.2, 0) is 11.3 Å². The number of hydrogen-bond donors (Lipinski definition) is 1. The third-order valence-electron chi connectivity index (χ3n) is 2.36. The molecule has 0 aromatic carbocycles. The maximum atomic E-state index is 10.9. The van der Waals surface area contributed by atoms with Gasteiger partial charge in [-0.3, -0.25) is 14.7 Å². The molecule has 0 bridgehead atoms. The Hall–Kier alpha value is -1.42. The highest BCUT2D eigenvalue weighted by Gasteiger charge is 2.20. The molecule has 0 fully saturated rings. The largest absolute Gasteiger partial charge is 0.480 e. The number of hydrogen-bond acceptors (Lipinski definition) is 3. The molecule has 1 unspecified atom stereocenters. The molecule has 1 rings (SSSR count). The summed E-state index contributed by atoms with van der Waals surface area (Å²) in [6.07, 6.45) is 4.06. The molecule has 0 saturated carbocycles. The summed E-state index contributed by atoms with van der Waals surface area (Å²) in [4.78, 5) is 16.7. The Morgan fingerprint density at radius 2 is 2.40 bits per heavy atom. The molecule has 1 aromatic heterocycles. The van der Waals surface area contributed by atoms with E-state index in [9.17, 15) is 4.79 Å². The Kier molecular flexibility index (Phi) is 4.24. The van der Waals surface area contributed by atoms with E-state index >= 15 is 0 Å². The second-order valence-corrected chi connectivity index (χ2v) is 3.54. The van der Waals surface area contributed by atoms with Crippen molar-refractivity contribution in [2.75, 3.05) is 7.05 Å². The summed E-state index contributed by atoms with van der Waals surface area (Å²) in [5, 5.41) is 8.96. The van der Waals surface area contributed by atoms with Gasteiger partial charge in [0.05, 0.1) is 0 Å². The molecular weight excluding hydrogens is 192 g/mol. The summed E-state index contributed by atoms with van der Waals surface area (Å²) in [6.45, 7) is 2.48. The lowest BCUT2D eigenvalue weighted by molar-refractivity contribution is -0.143. The van der Waals surface area contributed by atoms with E-state index in [1.54, 1.807) is 12.4 Å². The van der Waals surface area contributed by atoms with Gasteiger partial charge in [0, 0.05) is 18.9 Å². The summed E-state index contributed by atoms with van der Waals surface area (Å²) in [6, 6.07) is 3.37. The lowest BCUT2D eigenvalue weighted by atomic mass is 10.2. The fourth-order valence-corrected chi connectivity index (χ4v) is 1.56. The SMILES string of the molecule is CCC(C(=O)O)N(C)Cc1cccnc1. The first-order valence-corrected chi connectivity index (χ1v) is 4.97. The predicted octanol–water partition coefficient (Wildman–Crippen LogP) is 1.38. The molecule has 0 aliphatic carbocycles. The second kappa shape index (κ2) is 5.46. The van der Waals surface area contributed by atoms with Crippen molar-refractivity contribution in [3.8, 4) is 0 Å². The monoisotopic (exact) mass is 208 g/mol. The van der Waals surface area contributed by atoms with Crippen LogP contribution in [0.5, 0.6) is 0 Å². The molecule has 1 atom stereocenters. The first-order chi connectivity index (χ1) is 7.15. The number of carbonyl (C=O) groups is 1. The van der Waals surface area contributed by atoms with Crippen LogP contribution in [0.25, 0.3) is 0 Å². The molecule has 0 amide bonds. The highest BCUT2D eigenvalue weighted by molar-refractivity contribution is 5.73. The molecular formula is C11H16N2O2. The third kappa shape index (κ3) is 3.32. The number of nitrogens with zero attached hydrogens (tertiary/aromatic N) is 2. The van der Waals surface area contributed by atoms with Crippen LogP contribution in [0.4, 0.5) is 0 Å². The fourth-order valence-electron chi connectivity index (χ4n) is 1.56. The standard InChI is InChI=1S/C11H16N2O2/c1-3-10(11(14)15)13(2)8-9-5-4-6-12-7-9/h4-7,10H,3,8H2,1-2H3,(H,14,15). The van der Waals surface area contributed by atoms with Crippen molar-refractivity contribution in [1.82, 2.24) is 9.88 Å². The van der Waals surface area contributed by atoms with Crippen LogP contribution in [0, 0.1) is 0 Å². The smallest absolute Gasteiger partial charge is 0.320 e. The molecule has 1 N–H and O–H groups in total. The topological polar surface area (TPSA) is 53.4 Å². The minimum atomic E-state index is -0.774. The van der Waals surface area contributed by atoms with E-state index in [1.807, 2.05) is 31.0 Å². The summed E-state index contributed by atoms with van der Waals surface area (Å²) in [5.41, 5.74) is 1.03. The molecule has 82 valence electrons. The van der Waals surface area contributed by atoms with Crippen LogP contribution >= 0.6 is 0 Å². The van der Waals surface area contributed by atoms with Gasteiger partial charge < -0.3 is 5.11 Å². The number of pyridine rings is 1. The highest BCUT2D eigenvalue weighted by atomic mass is 16.4. The van der Waals surface area contributed by atoms with Gasteiger partial charge >= 0.3 is 5.97 Å². The minimum absolute atomic E-state index is 0.426. The molecule has 1 aromatic rings. The van der Waals surface area contributed by atoms with Gasteiger partial charge in [0.1, 0.15) is 6.04 Å². The minimum Gasteiger partial charge on any atom is -0.480 e. The number of likely N-dealkylation sites (N-methyl/N-ethyl adjacent to an activating group) is 1. The molecule has 4 nitrogen and oxygen atoms in total. The zero-order valence-corrected chi connectivity index (χ0v) is 9.05. The van der Waals surface area contributed by atoms with Crippen LogP contribution in [0.3, 0.4) is 0 Å². The zero-order valence-electron chi connectivity index (χ0n) is 9.05. The van der Waals surface area contributed by atoms with Crippen LogP contribution in [0.1, 0.15) is 18.9 Å². The van der Waals surface area contributed by atoms with Gasteiger partial charge in [0.15, 0.2) is 0 Å². The summed E-state index contributed by atoms with van der Waals surface area (Å²) >= 11 is 0. The van der Waals surface area contributed by atoms with Crippen molar-refractivity contribution in [2.45, 2.75) is 25.9 Å². The maximum Gasteiger partial charge on any atom is 0.320 e. The number of aromatic nitrogens is 1. The lowest BCUT2D eigenvalue weighted by Gasteiger charge is -2.23. The van der Waals surface area contributed by atoms with E-state index in [4.69, 9.17) is 5.11 Å². The molecule has 0 radical (unpaired) electrons. The molecule has 1 heterocycles. The van der Waals surface area contributed by atoms with Gasteiger partial charge in [-0.15, -0.1) is 0 Å². The Balaban J connectivity index is 2.62. The van der Waals surface area contributed by atoms with Crippen molar-refractivity contribution < 1.29 is 9.90 Å². The summed E-state index contributed by atoms with van der Waals surface area (Å²) in [5.74, 6) is -0.774. The average Bonchev–Trinajstić information content (AvgIpc) is 2.19. The van der Waals surface area contributed by atoms with Crippen molar-refractivity contribution in [3.63, 3.8) is 0 Å². The van der Waals surface area contributed by atoms with E-state index in [0.717, 1.165) is 5.56 Å². The number of rotatable bonds is 5. The Labute approximate surface area is 89.6 Å².